The average Bonchev–Trinajstić information content (AvgIpc) is 2.39. The minimum Gasteiger partial charge on any atom is -0.505 e. The Kier molecular flexibility index (Phi) is 3.96. The smallest absolute Gasteiger partial charge is 0.350 e. The van der Waals surface area contributed by atoms with E-state index in [-0.39, 0.29) is 5.69 Å². The number of nitrogens with one attached hydrogen (secondary N) is 1. The Balaban J connectivity index is 2.33. The molecule has 0 saturated carbocycles. The van der Waals surface area contributed by atoms with Crippen molar-refractivity contribution in [2.45, 2.75) is 19.6 Å². The molecule has 9 heteroatoms. The summed E-state index contributed by atoms with van der Waals surface area (Å²) in [5.41, 5.74) is -1.25. The summed E-state index contributed by atoms with van der Waals surface area (Å²) < 4.78 is 23.0. The topological polar surface area (TPSA) is 122 Å². The fraction of sp³-hybridized carbons (Fsp3) is 0.214. The Labute approximate surface area is 129 Å². The number of anilines is 1. The number of carbonyl (C=O) groups excluding carboxylic acids is 2. The quantitative estimate of drug-likeness (QED) is 0.329. The molecule has 0 amide bonds. The first kappa shape index (κ1) is 16.3. The van der Waals surface area contributed by atoms with E-state index in [0.717, 1.165) is 6.20 Å². The summed E-state index contributed by atoms with van der Waals surface area (Å²) in [4.78, 5) is 34.5. The lowest BCUT2D eigenvalue weighted by atomic mass is 10.1. The van der Waals surface area contributed by atoms with Crippen molar-refractivity contribution >= 4 is 23.6 Å². The number of ether oxygens (including phenoxy) is 2. The third kappa shape index (κ3) is 3.39. The van der Waals surface area contributed by atoms with Gasteiger partial charge in [-0.1, -0.05) is 0 Å². The summed E-state index contributed by atoms with van der Waals surface area (Å²) in [5, 5.41) is 20.5. The lowest BCUT2D eigenvalue weighted by Crippen LogP contribution is -2.42. The highest BCUT2D eigenvalue weighted by atomic mass is 19.1. The van der Waals surface area contributed by atoms with E-state index in [1.54, 1.807) is 0 Å². The first-order chi connectivity index (χ1) is 10.6. The zero-order chi connectivity index (χ0) is 17.4. The molecular weight excluding hydrogens is 313 g/mol. The number of phenols is 1. The number of carboxylic acid groups (broad SMARTS) is 1. The van der Waals surface area contributed by atoms with Crippen LogP contribution in [0.15, 0.2) is 23.9 Å². The van der Waals surface area contributed by atoms with Gasteiger partial charge in [-0.2, -0.15) is 0 Å². The molecule has 1 saturated heterocycles. The minimum absolute atomic E-state index is 0.272. The molecule has 8 nitrogen and oxygen atoms in total. The molecule has 0 radical (unpaired) electrons. The minimum atomic E-state index is -1.45. The molecule has 1 aromatic carbocycles. The van der Waals surface area contributed by atoms with Crippen LogP contribution in [0.1, 0.15) is 24.2 Å². The molecule has 0 atom stereocenters. The van der Waals surface area contributed by atoms with Crippen LogP contribution in [0.4, 0.5) is 10.1 Å². The van der Waals surface area contributed by atoms with Gasteiger partial charge in [0, 0.05) is 26.1 Å². The second-order valence-electron chi connectivity index (χ2n) is 5.04. The fourth-order valence-electron chi connectivity index (χ4n) is 1.79. The average molecular weight is 325 g/mol. The standard InChI is InChI=1S/C14H12FNO7/c1-14(2)22-12(20)7(13(21)23-14)5-16-9-4-8(15)10(17)3-6(9)11(18)19/h3-5,16-17H,1-2H3,(H,18,19). The number of rotatable bonds is 3. The van der Waals surface area contributed by atoms with Gasteiger partial charge in [-0.05, 0) is 6.07 Å². The maximum absolute atomic E-state index is 13.4. The number of carbonyl (C=O) groups is 3. The summed E-state index contributed by atoms with van der Waals surface area (Å²) >= 11 is 0. The number of aromatic carboxylic acids is 1. The lowest BCUT2D eigenvalue weighted by Gasteiger charge is -2.29. The monoisotopic (exact) mass is 325 g/mol. The van der Waals surface area contributed by atoms with E-state index < -0.39 is 46.4 Å². The lowest BCUT2D eigenvalue weighted by molar-refractivity contribution is -0.222. The van der Waals surface area contributed by atoms with Crippen LogP contribution < -0.4 is 5.32 Å². The summed E-state index contributed by atoms with van der Waals surface area (Å²) in [6, 6.07) is 1.40. The van der Waals surface area contributed by atoms with E-state index in [4.69, 9.17) is 14.6 Å². The van der Waals surface area contributed by atoms with Gasteiger partial charge in [0.25, 0.3) is 5.79 Å². The van der Waals surface area contributed by atoms with Crippen LogP contribution in [0.25, 0.3) is 0 Å². The second kappa shape index (κ2) is 5.59. The molecule has 0 aromatic heterocycles. The number of halogens is 1. The van der Waals surface area contributed by atoms with Crippen molar-refractivity contribution in [1.82, 2.24) is 0 Å². The van der Waals surface area contributed by atoms with E-state index >= 15 is 0 Å². The summed E-state index contributed by atoms with van der Waals surface area (Å²) in [7, 11) is 0. The highest BCUT2D eigenvalue weighted by molar-refractivity contribution is 6.15. The molecule has 1 aromatic rings. The van der Waals surface area contributed by atoms with E-state index in [1.807, 2.05) is 0 Å². The van der Waals surface area contributed by atoms with Gasteiger partial charge in [-0.3, -0.25) is 0 Å². The fourth-order valence-corrected chi connectivity index (χ4v) is 1.79. The Bertz CT molecular complexity index is 717. The molecule has 1 heterocycles. The third-order valence-corrected chi connectivity index (χ3v) is 2.81. The van der Waals surface area contributed by atoms with E-state index in [2.05, 4.69) is 5.32 Å². The Morgan fingerprint density at radius 2 is 1.83 bits per heavy atom. The van der Waals surface area contributed by atoms with Gasteiger partial charge >= 0.3 is 17.9 Å². The van der Waals surface area contributed by atoms with E-state index in [1.165, 1.54) is 13.8 Å². The molecule has 122 valence electrons. The molecule has 0 spiro atoms. The number of esters is 2. The largest absolute Gasteiger partial charge is 0.505 e. The zero-order valence-electron chi connectivity index (χ0n) is 12.0. The van der Waals surface area contributed by atoms with Crippen LogP contribution in [0.5, 0.6) is 5.75 Å². The number of hydrogen-bond acceptors (Lipinski definition) is 7. The number of benzene rings is 1. The van der Waals surface area contributed by atoms with Gasteiger partial charge in [0.1, 0.15) is 0 Å². The number of cyclic esters (lactones) is 2. The molecule has 1 fully saturated rings. The summed E-state index contributed by atoms with van der Waals surface area (Å²) in [6.45, 7) is 2.73. The van der Waals surface area contributed by atoms with Gasteiger partial charge in [-0.25, -0.2) is 18.8 Å². The maximum atomic E-state index is 13.4. The predicted octanol–water partition coefficient (Wildman–Crippen LogP) is 1.36. The molecule has 2 rings (SSSR count). The van der Waals surface area contributed by atoms with E-state index in [9.17, 15) is 23.9 Å². The molecular formula is C14H12FNO7. The van der Waals surface area contributed by atoms with Crippen molar-refractivity contribution in [2.24, 2.45) is 0 Å². The Morgan fingerprint density at radius 3 is 2.35 bits per heavy atom. The van der Waals surface area contributed by atoms with Crippen LogP contribution in [0, 0.1) is 5.82 Å². The first-order valence-electron chi connectivity index (χ1n) is 6.30. The molecule has 1 aliphatic heterocycles. The zero-order valence-corrected chi connectivity index (χ0v) is 12.0. The number of aromatic hydroxyl groups is 1. The van der Waals surface area contributed by atoms with Crippen LogP contribution >= 0.6 is 0 Å². The van der Waals surface area contributed by atoms with Crippen molar-refractivity contribution in [3.63, 3.8) is 0 Å². The van der Waals surface area contributed by atoms with Crippen LogP contribution in [0.3, 0.4) is 0 Å². The molecule has 0 unspecified atom stereocenters. The summed E-state index contributed by atoms with van der Waals surface area (Å²) in [5.74, 6) is -6.74. The van der Waals surface area contributed by atoms with E-state index in [0.29, 0.717) is 12.1 Å². The molecule has 0 bridgehead atoms. The van der Waals surface area contributed by atoms with Crippen LogP contribution in [-0.2, 0) is 19.1 Å². The van der Waals surface area contributed by atoms with Gasteiger partial charge in [0.15, 0.2) is 17.1 Å². The predicted molar refractivity (Wildman–Crippen MR) is 73.0 cm³/mol. The van der Waals surface area contributed by atoms with Crippen LogP contribution in [-0.4, -0.2) is 33.9 Å². The molecule has 23 heavy (non-hydrogen) atoms. The van der Waals surface area contributed by atoms with Crippen molar-refractivity contribution in [2.75, 3.05) is 5.32 Å². The summed E-state index contributed by atoms with van der Waals surface area (Å²) in [6.07, 6.45) is 0.845. The Hall–Kier alpha value is -3.10. The second-order valence-corrected chi connectivity index (χ2v) is 5.04. The Morgan fingerprint density at radius 1 is 1.26 bits per heavy atom. The van der Waals surface area contributed by atoms with Crippen molar-refractivity contribution in [3.05, 3.63) is 35.3 Å². The maximum Gasteiger partial charge on any atom is 0.350 e. The van der Waals surface area contributed by atoms with Crippen LogP contribution in [0.2, 0.25) is 0 Å². The highest BCUT2D eigenvalue weighted by Gasteiger charge is 2.39. The van der Waals surface area contributed by atoms with Crippen molar-refractivity contribution in [1.29, 1.82) is 0 Å². The van der Waals surface area contributed by atoms with Gasteiger partial charge in [0.2, 0.25) is 0 Å². The van der Waals surface area contributed by atoms with Gasteiger partial charge < -0.3 is 25.0 Å². The highest BCUT2D eigenvalue weighted by Crippen LogP contribution is 2.27. The van der Waals surface area contributed by atoms with Gasteiger partial charge in [0.05, 0.1) is 11.3 Å². The SMILES string of the molecule is CC1(C)OC(=O)C(=CNc2cc(F)c(O)cc2C(=O)O)C(=O)O1. The number of hydrogen-bond donors (Lipinski definition) is 3. The van der Waals surface area contributed by atoms with Gasteiger partial charge in [-0.15, -0.1) is 0 Å². The molecule has 3 N–H and O–H groups in total. The number of phenolic OH excluding ortho intramolecular Hbond substituents is 1. The normalized spacial score (nSPS) is 16.4. The first-order valence-corrected chi connectivity index (χ1v) is 6.30. The third-order valence-electron chi connectivity index (χ3n) is 2.81. The van der Waals surface area contributed by atoms with Crippen molar-refractivity contribution in [3.8, 4) is 5.75 Å². The molecule has 0 aliphatic carbocycles. The van der Waals surface area contributed by atoms with Crippen molar-refractivity contribution < 1.29 is 38.5 Å². The number of carboxylic acids is 1. The molecule has 1 aliphatic rings.